The Labute approximate surface area is 156 Å². The molecule has 27 heavy (non-hydrogen) atoms. The monoisotopic (exact) mass is 369 g/mol. The van der Waals surface area contributed by atoms with Crippen molar-refractivity contribution in [3.05, 3.63) is 52.2 Å². The van der Waals surface area contributed by atoms with E-state index in [2.05, 4.69) is 15.5 Å². The Morgan fingerprint density at radius 3 is 2.93 bits per heavy atom. The van der Waals surface area contributed by atoms with Gasteiger partial charge in [0, 0.05) is 56.4 Å². The lowest BCUT2D eigenvalue weighted by molar-refractivity contribution is -0.135. The number of H-pyrrole nitrogens is 1. The molecule has 1 fully saturated rings. The summed E-state index contributed by atoms with van der Waals surface area (Å²) in [5.41, 5.74) is 1.70. The molecular weight excluding hydrogens is 346 g/mol. The van der Waals surface area contributed by atoms with Crippen molar-refractivity contribution < 1.29 is 9.59 Å². The van der Waals surface area contributed by atoms with Gasteiger partial charge >= 0.3 is 0 Å². The van der Waals surface area contributed by atoms with E-state index in [1.54, 1.807) is 34.9 Å². The highest BCUT2D eigenvalue weighted by Crippen LogP contribution is 2.41. The minimum atomic E-state index is -0.587. The second kappa shape index (κ2) is 7.02. The molecule has 0 spiro atoms. The van der Waals surface area contributed by atoms with E-state index in [0.29, 0.717) is 26.1 Å². The number of rotatable bonds is 4. The molecule has 8 heteroatoms. The van der Waals surface area contributed by atoms with Crippen molar-refractivity contribution >= 4 is 11.8 Å². The lowest BCUT2D eigenvalue weighted by Crippen LogP contribution is -2.54. The van der Waals surface area contributed by atoms with Crippen LogP contribution < -0.4 is 10.9 Å². The molecule has 2 bridgehead atoms. The Morgan fingerprint density at radius 2 is 2.19 bits per heavy atom. The van der Waals surface area contributed by atoms with Gasteiger partial charge in [-0.05, 0) is 24.5 Å². The number of aromatic nitrogens is 3. The van der Waals surface area contributed by atoms with Crippen molar-refractivity contribution in [3.63, 3.8) is 0 Å². The first-order valence-electron chi connectivity index (χ1n) is 9.27. The molecule has 0 aromatic carbocycles. The maximum Gasteiger partial charge on any atom is 0.251 e. The molecule has 2 amide bonds. The van der Waals surface area contributed by atoms with Crippen molar-refractivity contribution in [2.75, 3.05) is 19.6 Å². The molecule has 142 valence electrons. The van der Waals surface area contributed by atoms with E-state index >= 15 is 0 Å². The largest absolute Gasteiger partial charge is 0.354 e. The van der Waals surface area contributed by atoms with Gasteiger partial charge in [-0.2, -0.15) is 5.10 Å². The van der Waals surface area contributed by atoms with Crippen LogP contribution in [0.5, 0.6) is 0 Å². The van der Waals surface area contributed by atoms with Gasteiger partial charge in [-0.25, -0.2) is 0 Å². The number of likely N-dealkylation sites (tertiary alicyclic amines) is 1. The molecule has 4 rings (SSSR count). The first kappa shape index (κ1) is 17.5. The number of nitrogens with one attached hydrogen (secondary N) is 2. The number of nitrogens with zero attached hydrogens (tertiary/aromatic N) is 3. The maximum absolute atomic E-state index is 13.0. The molecule has 2 N–H and O–H groups in total. The summed E-state index contributed by atoms with van der Waals surface area (Å²) in [5, 5.41) is 9.61. The Morgan fingerprint density at radius 1 is 1.33 bits per heavy atom. The van der Waals surface area contributed by atoms with Crippen LogP contribution >= 0.6 is 0 Å². The number of carbonyl (C=O) groups excluding carboxylic acids is 2. The van der Waals surface area contributed by atoms with Gasteiger partial charge in [0.1, 0.15) is 6.04 Å². The summed E-state index contributed by atoms with van der Waals surface area (Å²) in [6, 6.07) is 4.54. The van der Waals surface area contributed by atoms with Gasteiger partial charge in [0.2, 0.25) is 11.8 Å². The standard InChI is InChI=1S/C19H23N5O3/c1-12(25)23-10-14-7-15(11-23)18(24-16(14)3-2-4-17(24)26)19(27)20-6-5-13-8-21-22-9-13/h2-4,8-9,14-15,18H,5-7,10-11H2,1H3,(H,20,27)(H,21,22)/t14-,15+,18-/m1/s1. The van der Waals surface area contributed by atoms with Crippen LogP contribution in [-0.4, -0.2) is 51.1 Å². The number of amides is 2. The van der Waals surface area contributed by atoms with E-state index in [1.165, 1.54) is 6.07 Å². The van der Waals surface area contributed by atoms with Gasteiger partial charge in [-0.1, -0.05) is 6.07 Å². The fourth-order valence-electron chi connectivity index (χ4n) is 4.38. The molecule has 0 radical (unpaired) electrons. The van der Waals surface area contributed by atoms with Crippen molar-refractivity contribution in [1.29, 1.82) is 0 Å². The molecule has 2 aliphatic heterocycles. The molecule has 2 aromatic heterocycles. The Kier molecular flexibility index (Phi) is 4.55. The summed E-state index contributed by atoms with van der Waals surface area (Å²) in [4.78, 5) is 39.3. The van der Waals surface area contributed by atoms with E-state index in [0.717, 1.165) is 17.7 Å². The van der Waals surface area contributed by atoms with Crippen LogP contribution in [0.15, 0.2) is 35.4 Å². The van der Waals surface area contributed by atoms with E-state index < -0.39 is 6.04 Å². The molecule has 2 aromatic rings. The van der Waals surface area contributed by atoms with Crippen molar-refractivity contribution in [1.82, 2.24) is 25.0 Å². The predicted molar refractivity (Wildman–Crippen MR) is 98.1 cm³/mol. The van der Waals surface area contributed by atoms with Crippen LogP contribution in [0.4, 0.5) is 0 Å². The SMILES string of the molecule is CC(=O)N1C[C@H]2C[C@@H](C1)[C@H](C(=O)NCCc1cn[nH]c1)n1c2cccc1=O. The van der Waals surface area contributed by atoms with E-state index in [4.69, 9.17) is 0 Å². The Hall–Kier alpha value is -2.90. The van der Waals surface area contributed by atoms with Gasteiger partial charge in [0.15, 0.2) is 0 Å². The fourth-order valence-corrected chi connectivity index (χ4v) is 4.38. The normalized spacial score (nSPS) is 23.6. The number of aromatic amines is 1. The Balaban J connectivity index is 1.60. The maximum atomic E-state index is 13.0. The fraction of sp³-hybridized carbons (Fsp3) is 0.474. The number of hydrogen-bond acceptors (Lipinski definition) is 4. The second-order valence-corrected chi connectivity index (χ2v) is 7.37. The third kappa shape index (κ3) is 3.27. The van der Waals surface area contributed by atoms with E-state index in [1.807, 2.05) is 6.07 Å². The highest BCUT2D eigenvalue weighted by Gasteiger charge is 2.44. The molecule has 4 heterocycles. The van der Waals surface area contributed by atoms with Crippen LogP contribution in [0, 0.1) is 5.92 Å². The van der Waals surface area contributed by atoms with Crippen molar-refractivity contribution in [2.45, 2.75) is 31.7 Å². The number of fused-ring (bicyclic) bond motifs is 4. The van der Waals surface area contributed by atoms with Gasteiger partial charge < -0.3 is 10.2 Å². The van der Waals surface area contributed by atoms with Crippen molar-refractivity contribution in [3.8, 4) is 0 Å². The second-order valence-electron chi connectivity index (χ2n) is 7.37. The third-order valence-corrected chi connectivity index (χ3v) is 5.63. The van der Waals surface area contributed by atoms with Crippen LogP contribution in [0.1, 0.15) is 36.6 Å². The van der Waals surface area contributed by atoms with Gasteiger partial charge in [-0.3, -0.25) is 24.0 Å². The molecule has 0 saturated carbocycles. The summed E-state index contributed by atoms with van der Waals surface area (Å²) in [6.45, 7) is 3.13. The zero-order valence-electron chi connectivity index (χ0n) is 15.2. The molecule has 2 aliphatic rings. The topological polar surface area (TPSA) is 100 Å². The van der Waals surface area contributed by atoms with Crippen LogP contribution in [-0.2, 0) is 16.0 Å². The van der Waals surface area contributed by atoms with Crippen molar-refractivity contribution in [2.24, 2.45) is 5.92 Å². The van der Waals surface area contributed by atoms with Crippen LogP contribution in [0.3, 0.4) is 0 Å². The molecule has 3 atom stereocenters. The van der Waals surface area contributed by atoms with Gasteiger partial charge in [0.05, 0.1) is 6.20 Å². The smallest absolute Gasteiger partial charge is 0.251 e. The summed E-state index contributed by atoms with van der Waals surface area (Å²) in [6.07, 6.45) is 5.00. The zero-order chi connectivity index (χ0) is 19.0. The lowest BCUT2D eigenvalue weighted by Gasteiger charge is -2.46. The molecule has 1 saturated heterocycles. The van der Waals surface area contributed by atoms with Gasteiger partial charge in [0.25, 0.3) is 5.56 Å². The predicted octanol–water partition coefficient (Wildman–Crippen LogP) is 0.437. The number of pyridine rings is 1. The molecular formula is C19H23N5O3. The third-order valence-electron chi connectivity index (χ3n) is 5.63. The molecule has 0 aliphatic carbocycles. The average molecular weight is 369 g/mol. The highest BCUT2D eigenvalue weighted by atomic mass is 16.2. The molecule has 0 unspecified atom stereocenters. The average Bonchev–Trinajstić information content (AvgIpc) is 3.16. The van der Waals surface area contributed by atoms with Crippen LogP contribution in [0.25, 0.3) is 0 Å². The lowest BCUT2D eigenvalue weighted by atomic mass is 9.78. The number of hydrogen-bond donors (Lipinski definition) is 2. The number of piperidine rings is 1. The highest BCUT2D eigenvalue weighted by molar-refractivity contribution is 5.81. The first-order chi connectivity index (χ1) is 13.0. The Bertz CT molecular complexity index is 904. The summed E-state index contributed by atoms with van der Waals surface area (Å²) < 4.78 is 1.64. The summed E-state index contributed by atoms with van der Waals surface area (Å²) in [7, 11) is 0. The quantitative estimate of drug-likeness (QED) is 0.817. The van der Waals surface area contributed by atoms with Gasteiger partial charge in [-0.15, -0.1) is 0 Å². The van der Waals surface area contributed by atoms with Crippen LogP contribution in [0.2, 0.25) is 0 Å². The first-order valence-corrected chi connectivity index (χ1v) is 9.27. The molecule has 8 nitrogen and oxygen atoms in total. The zero-order valence-corrected chi connectivity index (χ0v) is 15.2. The summed E-state index contributed by atoms with van der Waals surface area (Å²) in [5.74, 6) is -0.122. The van der Waals surface area contributed by atoms with E-state index in [-0.39, 0.29) is 29.2 Å². The minimum Gasteiger partial charge on any atom is -0.354 e. The number of carbonyl (C=O) groups is 2. The minimum absolute atomic E-state index is 0.00976. The summed E-state index contributed by atoms with van der Waals surface area (Å²) >= 11 is 0. The van der Waals surface area contributed by atoms with E-state index in [9.17, 15) is 14.4 Å².